The summed E-state index contributed by atoms with van der Waals surface area (Å²) in [4.78, 5) is 0. The quantitative estimate of drug-likeness (QED) is 0.181. The lowest BCUT2D eigenvalue weighted by molar-refractivity contribution is 0.332. The summed E-state index contributed by atoms with van der Waals surface area (Å²) in [6, 6.07) is 43.0. The molecule has 63 heavy (non-hydrogen) atoms. The minimum Gasteiger partial charge on any atom is -0.456 e. The van der Waals surface area contributed by atoms with Crippen molar-refractivity contribution in [1.82, 2.24) is 4.57 Å². The highest BCUT2D eigenvalue weighted by Gasteiger charge is 2.40. The van der Waals surface area contributed by atoms with Crippen LogP contribution in [0.1, 0.15) is 104 Å². The number of aromatic nitrogens is 1. The minimum absolute atomic E-state index is 0.0423. The summed E-state index contributed by atoms with van der Waals surface area (Å²) in [5, 5.41) is 11.1. The summed E-state index contributed by atoms with van der Waals surface area (Å²) >= 11 is 0. The lowest BCUT2D eigenvalue weighted by atomic mass is 9.58. The molecule has 312 valence electrons. The molecule has 0 unspecified atom stereocenters. The van der Waals surface area contributed by atoms with Crippen LogP contribution < -0.4 is 16.2 Å². The van der Waals surface area contributed by atoms with Gasteiger partial charge in [-0.3, -0.25) is 0 Å². The van der Waals surface area contributed by atoms with E-state index in [4.69, 9.17) is 8.83 Å². The molecule has 4 heterocycles. The fourth-order valence-electron chi connectivity index (χ4n) is 11.2. The fraction of sp³-hybridized carbons (Fsp3) is 0.276. The summed E-state index contributed by atoms with van der Waals surface area (Å²) in [7, 11) is 0.746. The topological polar surface area (TPSA) is 43.2 Å². The molecule has 4 nitrogen and oxygen atoms in total. The lowest BCUT2D eigenvalue weighted by Gasteiger charge is -2.42. The van der Waals surface area contributed by atoms with Crippen LogP contribution >= 0.6 is 0 Å². The van der Waals surface area contributed by atoms with Gasteiger partial charge in [0.25, 0.3) is 0 Å². The predicted molar refractivity (Wildman–Crippen MR) is 270 cm³/mol. The number of hydrogen-bond acceptors (Lipinski definition) is 3. The monoisotopic (exact) mass is 822 g/mol. The largest absolute Gasteiger partial charge is 0.456 e. The van der Waals surface area contributed by atoms with Crippen LogP contribution in [0.3, 0.4) is 0 Å². The van der Waals surface area contributed by atoms with Crippen LogP contribution in [-0.4, -0.2) is 11.8 Å². The van der Waals surface area contributed by atoms with Crippen molar-refractivity contribution in [2.75, 3.05) is 5.32 Å². The molecule has 1 N–H and O–H groups in total. The molecular formula is C58H55BN2O2. The maximum Gasteiger partial charge on any atom is 0.198 e. The Morgan fingerprint density at radius 3 is 1.92 bits per heavy atom. The van der Waals surface area contributed by atoms with E-state index in [2.05, 4.69) is 194 Å². The third-order valence-corrected chi connectivity index (χ3v) is 15.0. The van der Waals surface area contributed by atoms with Gasteiger partial charge in [-0.2, -0.15) is 0 Å². The van der Waals surface area contributed by atoms with Crippen LogP contribution in [-0.2, 0) is 21.7 Å². The van der Waals surface area contributed by atoms with Crippen molar-refractivity contribution >= 4 is 95.3 Å². The molecule has 7 aromatic carbocycles. The summed E-state index contributed by atoms with van der Waals surface area (Å²) in [5.41, 5.74) is 20.0. The van der Waals surface area contributed by atoms with Crippen molar-refractivity contribution in [3.63, 3.8) is 0 Å². The van der Waals surface area contributed by atoms with Gasteiger partial charge in [0.1, 0.15) is 22.3 Å². The molecule has 0 fully saturated rings. The van der Waals surface area contributed by atoms with Crippen LogP contribution in [0.2, 0.25) is 0 Å². The lowest BCUT2D eigenvalue weighted by Crippen LogP contribution is -2.37. The second-order valence-electron chi connectivity index (χ2n) is 22.1. The molecule has 0 atom stereocenters. The Bertz CT molecular complexity index is 3580. The normalized spacial score (nSPS) is 15.7. The van der Waals surface area contributed by atoms with E-state index < -0.39 is 0 Å². The molecule has 1 aliphatic heterocycles. The summed E-state index contributed by atoms with van der Waals surface area (Å²) < 4.78 is 16.6. The zero-order valence-electron chi connectivity index (χ0n) is 38.4. The van der Waals surface area contributed by atoms with Crippen molar-refractivity contribution in [2.24, 2.45) is 0 Å². The first-order valence-electron chi connectivity index (χ1n) is 22.9. The highest BCUT2D eigenvalue weighted by atomic mass is 16.3. The Morgan fingerprint density at radius 2 is 1.22 bits per heavy atom. The molecule has 0 radical (unpaired) electrons. The summed E-state index contributed by atoms with van der Waals surface area (Å²) in [5.74, 6) is 0. The second-order valence-corrected chi connectivity index (χ2v) is 22.1. The number of nitrogens with zero attached hydrogens (tertiary/aromatic N) is 1. The minimum atomic E-state index is -0.0793. The average Bonchev–Trinajstić information content (AvgIpc) is 3.91. The maximum atomic E-state index is 7.29. The molecule has 0 saturated heterocycles. The van der Waals surface area contributed by atoms with Crippen molar-refractivity contribution < 1.29 is 8.83 Å². The van der Waals surface area contributed by atoms with Crippen molar-refractivity contribution in [1.29, 1.82) is 0 Å². The molecule has 10 aromatic rings. The fourth-order valence-corrected chi connectivity index (χ4v) is 11.2. The number of hydrogen-bond donors (Lipinski definition) is 1. The van der Waals surface area contributed by atoms with Crippen LogP contribution in [0.4, 0.5) is 11.4 Å². The highest BCUT2D eigenvalue weighted by Crippen LogP contribution is 2.52. The Hall–Kier alpha value is -6.20. The predicted octanol–water partition coefficient (Wildman–Crippen LogP) is 14.6. The van der Waals surface area contributed by atoms with Gasteiger partial charge in [-0.25, -0.2) is 0 Å². The zero-order chi connectivity index (χ0) is 43.5. The Balaban J connectivity index is 1.26. The molecular weight excluding hydrogens is 767 g/mol. The van der Waals surface area contributed by atoms with Crippen LogP contribution in [0, 0.1) is 0 Å². The van der Waals surface area contributed by atoms with Crippen molar-refractivity contribution in [3.05, 3.63) is 138 Å². The van der Waals surface area contributed by atoms with E-state index in [-0.39, 0.29) is 21.7 Å². The molecule has 0 spiro atoms. The number of fused-ring (bicyclic) bond motifs is 13. The third kappa shape index (κ3) is 5.60. The van der Waals surface area contributed by atoms with Crippen molar-refractivity contribution in [2.45, 2.75) is 104 Å². The van der Waals surface area contributed by atoms with Crippen LogP contribution in [0.5, 0.6) is 0 Å². The molecule has 3 aromatic heterocycles. The van der Waals surface area contributed by atoms with Crippen molar-refractivity contribution in [3.8, 4) is 16.8 Å². The van der Waals surface area contributed by atoms with Gasteiger partial charge in [0.05, 0.1) is 11.0 Å². The van der Waals surface area contributed by atoms with Crippen LogP contribution in [0.15, 0.2) is 124 Å². The first-order valence-corrected chi connectivity index (χ1v) is 22.9. The van der Waals surface area contributed by atoms with Gasteiger partial charge in [-0.05, 0) is 111 Å². The van der Waals surface area contributed by atoms with Gasteiger partial charge in [0.15, 0.2) is 7.28 Å². The second kappa shape index (κ2) is 12.7. The molecule has 0 bridgehead atoms. The number of furan rings is 2. The third-order valence-electron chi connectivity index (χ3n) is 15.0. The zero-order valence-corrected chi connectivity index (χ0v) is 38.4. The van der Waals surface area contributed by atoms with E-state index >= 15 is 0 Å². The number of anilines is 2. The molecule has 5 heteroatoms. The number of nitrogens with one attached hydrogen (secondary N) is 1. The number of benzene rings is 7. The standard InChI is InChI=1S/C58H55BN2O2/c1-55(2,3)32-19-22-34(23-20-32)60-43-24-21-33(56(4,5)6)27-38(43)51-52-53-49(50-36-16-12-14-18-47(36)63-54(50)51)39-28-40-41(58(9,10)26-25-57(40,7)8)30-44(39)61(53)45-31-48-37(29-42(45)59-52)35-15-11-13-17-46(35)62-48/h11-24,27-31,59-60H,25-26H2,1-10H3. The number of para-hydroxylation sites is 2. The molecule has 12 rings (SSSR count). The molecule has 0 saturated carbocycles. The van der Waals surface area contributed by atoms with Gasteiger partial charge in [0.2, 0.25) is 0 Å². The van der Waals surface area contributed by atoms with E-state index in [1.54, 1.807) is 0 Å². The van der Waals surface area contributed by atoms with E-state index in [1.165, 1.54) is 66.1 Å². The Morgan fingerprint density at radius 1 is 0.587 bits per heavy atom. The van der Waals surface area contributed by atoms with Gasteiger partial charge in [0, 0.05) is 66.6 Å². The Labute approximate surface area is 370 Å². The van der Waals surface area contributed by atoms with Gasteiger partial charge in [-0.1, -0.05) is 135 Å². The first kappa shape index (κ1) is 38.5. The molecule has 0 amide bonds. The SMILES string of the molecule is CC(C)(C)c1ccc(Nc2ccc(C(C)(C)C)cc2-c2c3c4c(c5cc6c(cc5n4-c4cc5oc7ccccc7c5cc4B3)C(C)(C)CCC6(C)C)c3c2oc2ccccc23)cc1. The van der Waals surface area contributed by atoms with Crippen LogP contribution in [0.25, 0.3) is 82.5 Å². The van der Waals surface area contributed by atoms with Gasteiger partial charge in [-0.15, -0.1) is 0 Å². The highest BCUT2D eigenvalue weighted by molar-refractivity contribution is 6.74. The summed E-state index contributed by atoms with van der Waals surface area (Å²) in [6.07, 6.45) is 2.31. The number of rotatable bonds is 3. The van der Waals surface area contributed by atoms with E-state index in [0.717, 1.165) is 81.1 Å². The Kier molecular flexibility index (Phi) is 7.77. The van der Waals surface area contributed by atoms with E-state index in [9.17, 15) is 0 Å². The average molecular weight is 823 g/mol. The van der Waals surface area contributed by atoms with E-state index in [1.807, 2.05) is 0 Å². The van der Waals surface area contributed by atoms with Gasteiger partial charge >= 0.3 is 0 Å². The maximum absolute atomic E-state index is 7.29. The molecule has 1 aliphatic carbocycles. The summed E-state index contributed by atoms with van der Waals surface area (Å²) in [6.45, 7) is 23.5. The first-order chi connectivity index (χ1) is 30.0. The van der Waals surface area contributed by atoms with Gasteiger partial charge < -0.3 is 18.7 Å². The smallest absolute Gasteiger partial charge is 0.198 e. The molecule has 2 aliphatic rings. The van der Waals surface area contributed by atoms with E-state index in [0.29, 0.717) is 0 Å².